The Morgan fingerprint density at radius 1 is 1.14 bits per heavy atom. The van der Waals surface area contributed by atoms with Gasteiger partial charge in [0, 0.05) is 11.3 Å². The van der Waals surface area contributed by atoms with Gasteiger partial charge < -0.3 is 15.0 Å². The van der Waals surface area contributed by atoms with Gasteiger partial charge in [-0.1, -0.05) is 55.4 Å². The van der Waals surface area contributed by atoms with Crippen molar-refractivity contribution in [3.63, 3.8) is 0 Å². The van der Waals surface area contributed by atoms with E-state index >= 15 is 0 Å². The van der Waals surface area contributed by atoms with Crippen LogP contribution in [0.4, 0.5) is 0 Å². The maximum Gasteiger partial charge on any atom is 0.325 e. The second-order valence-electron chi connectivity index (χ2n) is 6.26. The molecule has 1 amide bonds. The molecule has 0 saturated heterocycles. The van der Waals surface area contributed by atoms with E-state index in [4.69, 9.17) is 4.74 Å². The maximum atomic E-state index is 12.5. The summed E-state index contributed by atoms with van der Waals surface area (Å²) in [7, 11) is 0. The van der Waals surface area contributed by atoms with Gasteiger partial charge in [0.05, 0.1) is 17.6 Å². The molecular formula is C21H23N3O3S. The average molecular weight is 398 g/mol. The van der Waals surface area contributed by atoms with E-state index in [1.54, 1.807) is 6.07 Å². The van der Waals surface area contributed by atoms with Crippen LogP contribution in [0, 0.1) is 0 Å². The van der Waals surface area contributed by atoms with Crippen molar-refractivity contribution in [3.8, 4) is 0 Å². The number of fused-ring (bicyclic) bond motifs is 1. The predicted molar refractivity (Wildman–Crippen MR) is 110 cm³/mol. The van der Waals surface area contributed by atoms with E-state index < -0.39 is 5.97 Å². The Morgan fingerprint density at radius 2 is 1.93 bits per heavy atom. The van der Waals surface area contributed by atoms with Crippen LogP contribution in [0.1, 0.15) is 35.7 Å². The summed E-state index contributed by atoms with van der Waals surface area (Å²) in [6.45, 7) is 2.28. The fourth-order valence-corrected chi connectivity index (χ4v) is 3.53. The van der Waals surface area contributed by atoms with Gasteiger partial charge in [-0.2, -0.15) is 0 Å². The number of hydrogen-bond acceptors (Lipinski definition) is 5. The van der Waals surface area contributed by atoms with Crippen molar-refractivity contribution in [3.05, 3.63) is 59.7 Å². The van der Waals surface area contributed by atoms with Crippen LogP contribution < -0.4 is 5.32 Å². The number of carbonyl (C=O) groups is 2. The number of aromatic amines is 1. The molecule has 1 aromatic heterocycles. The highest BCUT2D eigenvalue weighted by molar-refractivity contribution is 7.98. The molecule has 2 aromatic carbocycles. The Bertz CT molecular complexity index is 922. The molecule has 0 bridgehead atoms. The van der Waals surface area contributed by atoms with Gasteiger partial charge in [-0.3, -0.25) is 9.59 Å². The van der Waals surface area contributed by atoms with E-state index in [0.29, 0.717) is 17.9 Å². The molecular weight excluding hydrogens is 374 g/mol. The number of benzene rings is 2. The van der Waals surface area contributed by atoms with Gasteiger partial charge in [-0.05, 0) is 30.2 Å². The number of imidazole rings is 1. The van der Waals surface area contributed by atoms with Gasteiger partial charge in [0.1, 0.15) is 6.54 Å². The fraction of sp³-hybridized carbons (Fsp3) is 0.286. The third-order valence-electron chi connectivity index (χ3n) is 4.15. The highest BCUT2D eigenvalue weighted by Gasteiger charge is 2.13. The summed E-state index contributed by atoms with van der Waals surface area (Å²) in [6, 6.07) is 15.2. The first-order valence-electron chi connectivity index (χ1n) is 9.26. The van der Waals surface area contributed by atoms with E-state index in [1.165, 1.54) is 11.8 Å². The molecule has 3 rings (SSSR count). The lowest BCUT2D eigenvalue weighted by molar-refractivity contribution is -0.142. The lowest BCUT2D eigenvalue weighted by Gasteiger charge is -2.09. The van der Waals surface area contributed by atoms with Crippen molar-refractivity contribution < 1.29 is 14.3 Å². The minimum absolute atomic E-state index is 0.131. The van der Waals surface area contributed by atoms with Crippen LogP contribution in [-0.4, -0.2) is 35.0 Å². The van der Waals surface area contributed by atoms with Gasteiger partial charge in [-0.15, -0.1) is 0 Å². The number of hydrogen-bond donors (Lipinski definition) is 2. The molecule has 0 radical (unpaired) electrons. The Hall–Kier alpha value is -2.80. The summed E-state index contributed by atoms with van der Waals surface area (Å²) in [4.78, 5) is 32.0. The molecule has 0 fully saturated rings. The zero-order valence-electron chi connectivity index (χ0n) is 15.7. The summed E-state index contributed by atoms with van der Waals surface area (Å²) in [5, 5.41) is 3.44. The highest BCUT2D eigenvalue weighted by atomic mass is 32.2. The van der Waals surface area contributed by atoms with Gasteiger partial charge >= 0.3 is 5.97 Å². The number of nitrogens with one attached hydrogen (secondary N) is 2. The van der Waals surface area contributed by atoms with E-state index in [2.05, 4.69) is 15.3 Å². The number of rotatable bonds is 9. The number of unbranched alkanes of at least 4 members (excludes halogenated alkanes) is 1. The number of para-hydroxylation sites is 2. The van der Waals surface area contributed by atoms with Crippen molar-refractivity contribution in [1.29, 1.82) is 0 Å². The van der Waals surface area contributed by atoms with E-state index in [-0.39, 0.29) is 12.5 Å². The first-order chi connectivity index (χ1) is 13.7. The topological polar surface area (TPSA) is 84.1 Å². The number of thioether (sulfide) groups is 1. The largest absolute Gasteiger partial charge is 0.464 e. The number of ether oxygens (including phenoxy) is 1. The van der Waals surface area contributed by atoms with E-state index in [9.17, 15) is 9.59 Å². The maximum absolute atomic E-state index is 12.5. The molecule has 28 heavy (non-hydrogen) atoms. The van der Waals surface area contributed by atoms with Crippen LogP contribution in [0.5, 0.6) is 0 Å². The van der Waals surface area contributed by atoms with Gasteiger partial charge in [0.15, 0.2) is 5.16 Å². The fourth-order valence-electron chi connectivity index (χ4n) is 2.64. The lowest BCUT2D eigenvalue weighted by atomic mass is 10.1. The van der Waals surface area contributed by atoms with E-state index in [0.717, 1.165) is 34.6 Å². The van der Waals surface area contributed by atoms with Crippen molar-refractivity contribution in [1.82, 2.24) is 15.3 Å². The number of nitrogens with zero attached hydrogens (tertiary/aromatic N) is 1. The number of H-pyrrole nitrogens is 1. The normalized spacial score (nSPS) is 10.8. The molecule has 0 aliphatic carbocycles. The summed E-state index contributed by atoms with van der Waals surface area (Å²) in [6.07, 6.45) is 1.78. The molecule has 1 heterocycles. The Morgan fingerprint density at radius 3 is 2.75 bits per heavy atom. The van der Waals surface area contributed by atoms with E-state index in [1.807, 2.05) is 49.4 Å². The number of esters is 1. The molecule has 146 valence electrons. The lowest BCUT2D eigenvalue weighted by Crippen LogP contribution is -2.31. The van der Waals surface area contributed by atoms with Crippen LogP contribution in [0.15, 0.2) is 53.7 Å². The zero-order chi connectivity index (χ0) is 19.8. The SMILES string of the molecule is CCCCOC(=O)CNC(=O)c1ccccc1CSc1nc2ccccc2[nH]1. The van der Waals surface area contributed by atoms with Gasteiger partial charge in [0.2, 0.25) is 0 Å². The molecule has 0 spiro atoms. The standard InChI is InChI=1S/C21H23N3O3S/c1-2-3-12-27-19(25)13-22-20(26)16-9-5-4-8-15(16)14-28-21-23-17-10-6-7-11-18(17)24-21/h4-11H,2-3,12-14H2,1H3,(H,22,26)(H,23,24). The Kier molecular flexibility index (Phi) is 7.08. The summed E-state index contributed by atoms with van der Waals surface area (Å²) in [5.41, 5.74) is 3.33. The monoisotopic (exact) mass is 397 g/mol. The third kappa shape index (κ3) is 5.36. The number of amides is 1. The minimum Gasteiger partial charge on any atom is -0.464 e. The molecule has 0 unspecified atom stereocenters. The Labute approximate surface area is 168 Å². The smallest absolute Gasteiger partial charge is 0.325 e. The van der Waals surface area contributed by atoms with Crippen LogP contribution >= 0.6 is 11.8 Å². The first kappa shape index (κ1) is 19.9. The number of aromatic nitrogens is 2. The second-order valence-corrected chi connectivity index (χ2v) is 7.23. The molecule has 0 aliphatic rings. The summed E-state index contributed by atoms with van der Waals surface area (Å²) < 4.78 is 5.06. The summed E-state index contributed by atoms with van der Waals surface area (Å²) in [5.74, 6) is -0.117. The Balaban J connectivity index is 1.59. The molecule has 6 nitrogen and oxygen atoms in total. The predicted octanol–water partition coefficient (Wildman–Crippen LogP) is 3.93. The minimum atomic E-state index is -0.420. The third-order valence-corrected chi connectivity index (χ3v) is 5.07. The van der Waals surface area contributed by atoms with Crippen molar-refractivity contribution in [2.45, 2.75) is 30.7 Å². The molecule has 0 atom stereocenters. The van der Waals surface area contributed by atoms with Crippen molar-refractivity contribution >= 4 is 34.7 Å². The van der Waals surface area contributed by atoms with Crippen molar-refractivity contribution in [2.75, 3.05) is 13.2 Å². The van der Waals surface area contributed by atoms with Crippen LogP contribution in [-0.2, 0) is 15.3 Å². The molecule has 0 aliphatic heterocycles. The second kappa shape index (κ2) is 9.94. The summed E-state index contributed by atoms with van der Waals surface area (Å²) >= 11 is 1.53. The molecule has 3 aromatic rings. The molecule has 0 saturated carbocycles. The molecule has 2 N–H and O–H groups in total. The van der Waals surface area contributed by atoms with Crippen molar-refractivity contribution in [2.24, 2.45) is 0 Å². The van der Waals surface area contributed by atoms with Gasteiger partial charge in [-0.25, -0.2) is 4.98 Å². The van der Waals surface area contributed by atoms with Crippen LogP contribution in [0.3, 0.4) is 0 Å². The van der Waals surface area contributed by atoms with Crippen LogP contribution in [0.25, 0.3) is 11.0 Å². The highest BCUT2D eigenvalue weighted by Crippen LogP contribution is 2.24. The quantitative estimate of drug-likeness (QED) is 0.325. The van der Waals surface area contributed by atoms with Gasteiger partial charge in [0.25, 0.3) is 5.91 Å². The first-order valence-corrected chi connectivity index (χ1v) is 10.2. The number of carbonyl (C=O) groups excluding carboxylic acids is 2. The average Bonchev–Trinajstić information content (AvgIpc) is 3.14. The van der Waals surface area contributed by atoms with Crippen LogP contribution in [0.2, 0.25) is 0 Å². The zero-order valence-corrected chi connectivity index (χ0v) is 16.6. The molecule has 7 heteroatoms.